The predicted molar refractivity (Wildman–Crippen MR) is 60.4 cm³/mol. The maximum absolute atomic E-state index is 5.99. The number of hydrogen-bond donors (Lipinski definition) is 2. The second kappa shape index (κ2) is 3.96. The van der Waals surface area contributed by atoms with Gasteiger partial charge in [0.2, 0.25) is 0 Å². The molecule has 2 heterocycles. The summed E-state index contributed by atoms with van der Waals surface area (Å²) in [5.74, 6) is 5.30. The number of nitrogens with one attached hydrogen (secondary N) is 1. The van der Waals surface area contributed by atoms with Crippen molar-refractivity contribution in [2.45, 2.75) is 0 Å². The van der Waals surface area contributed by atoms with E-state index in [1.165, 1.54) is 0 Å². The molecule has 2 aromatic rings. The Kier molecular flexibility index (Phi) is 2.67. The van der Waals surface area contributed by atoms with Crippen LogP contribution >= 0.6 is 22.9 Å². The maximum atomic E-state index is 5.99. The third kappa shape index (κ3) is 1.72. The van der Waals surface area contributed by atoms with Gasteiger partial charge < -0.3 is 5.43 Å². The highest BCUT2D eigenvalue weighted by Gasteiger charge is 2.06. The van der Waals surface area contributed by atoms with Gasteiger partial charge in [-0.25, -0.2) is 0 Å². The molecule has 0 radical (unpaired) electrons. The minimum absolute atomic E-state index is 0.719. The molecule has 0 saturated heterocycles. The molecule has 5 heteroatoms. The van der Waals surface area contributed by atoms with E-state index in [9.17, 15) is 0 Å². The molecule has 0 aliphatic rings. The second-order valence-corrected chi connectivity index (χ2v) is 4.00. The van der Waals surface area contributed by atoms with Crippen LogP contribution in [0.25, 0.3) is 10.6 Å². The van der Waals surface area contributed by atoms with Crippen molar-refractivity contribution in [2.75, 3.05) is 5.43 Å². The van der Waals surface area contributed by atoms with E-state index in [-0.39, 0.29) is 0 Å². The first-order chi connectivity index (χ1) is 6.81. The summed E-state index contributed by atoms with van der Waals surface area (Å²) >= 11 is 7.55. The summed E-state index contributed by atoms with van der Waals surface area (Å²) in [5.41, 5.74) is 4.22. The van der Waals surface area contributed by atoms with Crippen LogP contribution in [0.1, 0.15) is 0 Å². The molecule has 0 aliphatic carbocycles. The van der Waals surface area contributed by atoms with Crippen LogP contribution < -0.4 is 11.3 Å². The van der Waals surface area contributed by atoms with E-state index in [1.54, 1.807) is 23.6 Å². The van der Waals surface area contributed by atoms with Crippen molar-refractivity contribution in [1.82, 2.24) is 4.98 Å². The van der Waals surface area contributed by atoms with Gasteiger partial charge in [-0.3, -0.25) is 10.8 Å². The van der Waals surface area contributed by atoms with Gasteiger partial charge in [0, 0.05) is 6.20 Å². The first-order valence-corrected chi connectivity index (χ1v) is 5.23. The quantitative estimate of drug-likeness (QED) is 0.611. The van der Waals surface area contributed by atoms with Crippen LogP contribution in [0, 0.1) is 0 Å². The Morgan fingerprint density at radius 1 is 1.43 bits per heavy atom. The number of nitrogens with zero attached hydrogens (tertiary/aromatic N) is 1. The molecule has 3 nitrogen and oxygen atoms in total. The van der Waals surface area contributed by atoms with Gasteiger partial charge in [-0.1, -0.05) is 11.6 Å². The Morgan fingerprint density at radius 3 is 2.93 bits per heavy atom. The number of halogens is 1. The third-order valence-electron chi connectivity index (χ3n) is 1.78. The molecule has 0 bridgehead atoms. The molecule has 2 aromatic heterocycles. The number of nitrogens with two attached hydrogens (primary N) is 1. The number of nitrogen functional groups attached to an aromatic ring is 1. The van der Waals surface area contributed by atoms with Gasteiger partial charge in [-0.05, 0) is 23.6 Å². The average molecular weight is 226 g/mol. The third-order valence-corrected chi connectivity index (χ3v) is 3.14. The van der Waals surface area contributed by atoms with E-state index in [0.717, 1.165) is 21.3 Å². The molecule has 0 atom stereocenters. The number of thiophene rings is 1. The fourth-order valence-electron chi connectivity index (χ4n) is 1.12. The van der Waals surface area contributed by atoms with Crippen LogP contribution in [0.15, 0.2) is 29.8 Å². The molecule has 0 aromatic carbocycles. The van der Waals surface area contributed by atoms with Crippen LogP contribution in [0.2, 0.25) is 5.02 Å². The minimum Gasteiger partial charge on any atom is -0.324 e. The second-order valence-electron chi connectivity index (χ2n) is 2.67. The Balaban J connectivity index is 2.47. The van der Waals surface area contributed by atoms with Crippen LogP contribution in [0.3, 0.4) is 0 Å². The van der Waals surface area contributed by atoms with Gasteiger partial charge in [0.05, 0.1) is 21.3 Å². The molecule has 14 heavy (non-hydrogen) atoms. The van der Waals surface area contributed by atoms with Crippen LogP contribution in [-0.2, 0) is 0 Å². The van der Waals surface area contributed by atoms with Crippen LogP contribution in [0.5, 0.6) is 0 Å². The highest BCUT2D eigenvalue weighted by atomic mass is 35.5. The summed E-state index contributed by atoms with van der Waals surface area (Å²) in [4.78, 5) is 5.18. The standard InChI is InChI=1S/C9H8ClN3S/c10-7-2-4-14-9(7)8-5-6(13-11)1-3-12-8/h1-5H,11H2,(H,12,13). The summed E-state index contributed by atoms with van der Waals surface area (Å²) in [6.07, 6.45) is 1.70. The van der Waals surface area contributed by atoms with E-state index in [2.05, 4.69) is 10.4 Å². The predicted octanol–water partition coefficient (Wildman–Crippen LogP) is 2.75. The van der Waals surface area contributed by atoms with E-state index < -0.39 is 0 Å². The SMILES string of the molecule is NNc1ccnc(-c2sccc2Cl)c1. The van der Waals surface area contributed by atoms with E-state index >= 15 is 0 Å². The maximum Gasteiger partial charge on any atom is 0.0837 e. The molecule has 0 fully saturated rings. The monoisotopic (exact) mass is 225 g/mol. The van der Waals surface area contributed by atoms with Crippen molar-refractivity contribution in [3.8, 4) is 10.6 Å². The molecule has 0 aliphatic heterocycles. The fourth-order valence-corrected chi connectivity index (χ4v) is 2.24. The number of pyridine rings is 1. The van der Waals surface area contributed by atoms with Gasteiger partial charge >= 0.3 is 0 Å². The first-order valence-electron chi connectivity index (χ1n) is 3.97. The lowest BCUT2D eigenvalue weighted by Gasteiger charge is -2.01. The Labute approximate surface area is 90.5 Å². The summed E-state index contributed by atoms with van der Waals surface area (Å²) in [7, 11) is 0. The topological polar surface area (TPSA) is 50.9 Å². The van der Waals surface area contributed by atoms with Gasteiger partial charge in [-0.2, -0.15) is 0 Å². The van der Waals surface area contributed by atoms with E-state index in [1.807, 2.05) is 17.5 Å². The van der Waals surface area contributed by atoms with Gasteiger partial charge in [0.25, 0.3) is 0 Å². The van der Waals surface area contributed by atoms with E-state index in [0.29, 0.717) is 0 Å². The van der Waals surface area contributed by atoms with Crippen molar-refractivity contribution < 1.29 is 0 Å². The first kappa shape index (κ1) is 9.45. The zero-order valence-electron chi connectivity index (χ0n) is 7.20. The van der Waals surface area contributed by atoms with Crippen molar-refractivity contribution in [1.29, 1.82) is 0 Å². The molecule has 2 rings (SSSR count). The molecular formula is C9H8ClN3S. The fraction of sp³-hybridized carbons (Fsp3) is 0. The lowest BCUT2D eigenvalue weighted by Crippen LogP contribution is -2.06. The largest absolute Gasteiger partial charge is 0.324 e. The van der Waals surface area contributed by atoms with Crippen LogP contribution in [-0.4, -0.2) is 4.98 Å². The normalized spacial score (nSPS) is 10.1. The highest BCUT2D eigenvalue weighted by molar-refractivity contribution is 7.14. The number of aromatic nitrogens is 1. The molecule has 3 N–H and O–H groups in total. The summed E-state index contributed by atoms with van der Waals surface area (Å²) in [6, 6.07) is 5.51. The lowest BCUT2D eigenvalue weighted by atomic mass is 10.3. The smallest absolute Gasteiger partial charge is 0.0837 e. The van der Waals surface area contributed by atoms with Crippen molar-refractivity contribution in [3.05, 3.63) is 34.8 Å². The number of rotatable bonds is 2. The van der Waals surface area contributed by atoms with Crippen molar-refractivity contribution >= 4 is 28.6 Å². The summed E-state index contributed by atoms with van der Waals surface area (Å²) in [6.45, 7) is 0. The number of anilines is 1. The average Bonchev–Trinajstić information content (AvgIpc) is 2.65. The summed E-state index contributed by atoms with van der Waals surface area (Å²) in [5, 5.41) is 2.65. The zero-order chi connectivity index (χ0) is 9.97. The molecule has 0 spiro atoms. The van der Waals surface area contributed by atoms with Crippen molar-refractivity contribution in [3.63, 3.8) is 0 Å². The number of hydrogen-bond acceptors (Lipinski definition) is 4. The molecule has 0 unspecified atom stereocenters. The molecule has 0 amide bonds. The van der Waals surface area contributed by atoms with E-state index in [4.69, 9.17) is 17.4 Å². The Hall–Kier alpha value is -1.10. The Morgan fingerprint density at radius 2 is 2.29 bits per heavy atom. The Bertz CT molecular complexity index is 441. The van der Waals surface area contributed by atoms with Gasteiger partial charge in [0.1, 0.15) is 0 Å². The van der Waals surface area contributed by atoms with Gasteiger partial charge in [0.15, 0.2) is 0 Å². The van der Waals surface area contributed by atoms with Crippen LogP contribution in [0.4, 0.5) is 5.69 Å². The summed E-state index contributed by atoms with van der Waals surface area (Å²) < 4.78 is 0. The minimum atomic E-state index is 0.719. The highest BCUT2D eigenvalue weighted by Crippen LogP contribution is 2.32. The van der Waals surface area contributed by atoms with Crippen molar-refractivity contribution in [2.24, 2.45) is 5.84 Å². The molecule has 0 saturated carbocycles. The lowest BCUT2D eigenvalue weighted by molar-refractivity contribution is 1.29. The molecule has 72 valence electrons. The molecular weight excluding hydrogens is 218 g/mol. The van der Waals surface area contributed by atoms with Gasteiger partial charge in [-0.15, -0.1) is 11.3 Å². The number of hydrazine groups is 1. The zero-order valence-corrected chi connectivity index (χ0v) is 8.77.